The highest BCUT2D eigenvalue weighted by atomic mass is 32.2. The van der Waals surface area contributed by atoms with Crippen molar-refractivity contribution in [3.8, 4) is 0 Å². The number of aryl methyl sites for hydroxylation is 1. The second-order valence-corrected chi connectivity index (χ2v) is 8.62. The largest absolute Gasteiger partial charge is 0.355 e. The number of hydrogen-bond acceptors (Lipinski definition) is 3. The first-order valence-electron chi connectivity index (χ1n) is 9.51. The van der Waals surface area contributed by atoms with Gasteiger partial charge < -0.3 is 10.6 Å². The molecule has 2 rings (SSSR count). The zero-order valence-electron chi connectivity index (χ0n) is 16.6. The zero-order valence-corrected chi connectivity index (χ0v) is 17.4. The summed E-state index contributed by atoms with van der Waals surface area (Å²) in [5, 5.41) is 6.38. The molecule has 3 N–H and O–H groups in total. The van der Waals surface area contributed by atoms with Gasteiger partial charge in [-0.1, -0.05) is 60.7 Å². The lowest BCUT2D eigenvalue weighted by Crippen LogP contribution is -2.44. The molecule has 0 bridgehead atoms. The van der Waals surface area contributed by atoms with Crippen LogP contribution in [-0.4, -0.2) is 39.8 Å². The second-order valence-electron chi connectivity index (χ2n) is 6.69. The van der Waals surface area contributed by atoms with Crippen LogP contribution in [0.3, 0.4) is 0 Å². The first-order valence-corrected chi connectivity index (χ1v) is 11.2. The average Bonchev–Trinajstić information content (AvgIpc) is 2.71. The Hall–Kier alpha value is -2.38. The SMILES string of the molecule is CN=C(NCCS(=O)(=O)NCc1ccccc1)NC(C)CCc1ccccc1. The van der Waals surface area contributed by atoms with E-state index in [4.69, 9.17) is 0 Å². The van der Waals surface area contributed by atoms with Crippen molar-refractivity contribution in [3.63, 3.8) is 0 Å². The van der Waals surface area contributed by atoms with Gasteiger partial charge in [-0.3, -0.25) is 4.99 Å². The van der Waals surface area contributed by atoms with Crippen LogP contribution in [0.2, 0.25) is 0 Å². The zero-order chi connectivity index (χ0) is 20.2. The summed E-state index contributed by atoms with van der Waals surface area (Å²) in [6.07, 6.45) is 1.94. The smallest absolute Gasteiger partial charge is 0.213 e. The predicted molar refractivity (Wildman–Crippen MR) is 116 cm³/mol. The highest BCUT2D eigenvalue weighted by Gasteiger charge is 2.11. The van der Waals surface area contributed by atoms with E-state index in [9.17, 15) is 8.42 Å². The Bertz CT molecular complexity index is 824. The van der Waals surface area contributed by atoms with E-state index in [1.807, 2.05) is 48.5 Å². The quantitative estimate of drug-likeness (QED) is 0.421. The third kappa shape index (κ3) is 8.54. The van der Waals surface area contributed by atoms with Crippen LogP contribution in [0, 0.1) is 0 Å². The number of sulfonamides is 1. The monoisotopic (exact) mass is 402 g/mol. The lowest BCUT2D eigenvalue weighted by molar-refractivity contribution is 0.577. The number of guanidine groups is 1. The van der Waals surface area contributed by atoms with Crippen molar-refractivity contribution in [2.45, 2.75) is 32.4 Å². The fraction of sp³-hybridized carbons (Fsp3) is 0.381. The highest BCUT2D eigenvalue weighted by molar-refractivity contribution is 7.89. The van der Waals surface area contributed by atoms with Crippen molar-refractivity contribution in [1.29, 1.82) is 0 Å². The summed E-state index contributed by atoms with van der Waals surface area (Å²) in [6.45, 7) is 2.68. The Morgan fingerprint density at radius 3 is 2.21 bits per heavy atom. The number of nitrogens with zero attached hydrogens (tertiary/aromatic N) is 1. The standard InChI is InChI=1S/C21H30N4O2S/c1-18(13-14-19-9-5-3-6-10-19)25-21(22-2)23-15-16-28(26,27)24-17-20-11-7-4-8-12-20/h3-12,18,24H,13-17H2,1-2H3,(H2,22,23,25). The molecule has 0 saturated heterocycles. The summed E-state index contributed by atoms with van der Waals surface area (Å²) < 4.78 is 26.9. The molecule has 0 spiro atoms. The summed E-state index contributed by atoms with van der Waals surface area (Å²) >= 11 is 0. The summed E-state index contributed by atoms with van der Waals surface area (Å²) in [5.41, 5.74) is 2.23. The van der Waals surface area contributed by atoms with Crippen LogP contribution in [-0.2, 0) is 23.0 Å². The van der Waals surface area contributed by atoms with E-state index in [2.05, 4.69) is 39.4 Å². The molecule has 1 atom stereocenters. The van der Waals surface area contributed by atoms with Gasteiger partial charge in [-0.15, -0.1) is 0 Å². The maximum Gasteiger partial charge on any atom is 0.213 e. The second kappa shape index (κ2) is 11.5. The number of rotatable bonds is 10. The van der Waals surface area contributed by atoms with Gasteiger partial charge in [-0.25, -0.2) is 13.1 Å². The number of hydrogen-bond donors (Lipinski definition) is 3. The van der Waals surface area contributed by atoms with E-state index in [0.29, 0.717) is 12.5 Å². The van der Waals surface area contributed by atoms with Crippen LogP contribution in [0.25, 0.3) is 0 Å². The van der Waals surface area contributed by atoms with Crippen LogP contribution in [0.5, 0.6) is 0 Å². The maximum atomic E-state index is 12.1. The molecule has 2 aromatic rings. The Morgan fingerprint density at radius 1 is 1.00 bits per heavy atom. The third-order valence-corrected chi connectivity index (χ3v) is 5.64. The summed E-state index contributed by atoms with van der Waals surface area (Å²) in [4.78, 5) is 4.18. The number of nitrogens with one attached hydrogen (secondary N) is 3. The van der Waals surface area contributed by atoms with Gasteiger partial charge in [-0.05, 0) is 30.9 Å². The van der Waals surface area contributed by atoms with Crippen LogP contribution in [0.4, 0.5) is 0 Å². The molecule has 0 radical (unpaired) electrons. The van der Waals surface area contributed by atoms with Crippen molar-refractivity contribution >= 4 is 16.0 Å². The molecule has 0 aliphatic heterocycles. The third-order valence-electron chi connectivity index (χ3n) is 4.32. The summed E-state index contributed by atoms with van der Waals surface area (Å²) in [7, 11) is -1.67. The van der Waals surface area contributed by atoms with Crippen molar-refractivity contribution in [3.05, 3.63) is 71.8 Å². The van der Waals surface area contributed by atoms with E-state index >= 15 is 0 Å². The topological polar surface area (TPSA) is 82.6 Å². The molecule has 2 aromatic carbocycles. The Balaban J connectivity index is 1.69. The lowest BCUT2D eigenvalue weighted by atomic mass is 10.1. The van der Waals surface area contributed by atoms with E-state index < -0.39 is 10.0 Å². The van der Waals surface area contributed by atoms with E-state index in [1.54, 1.807) is 7.05 Å². The molecule has 0 heterocycles. The fourth-order valence-corrected chi connectivity index (χ4v) is 3.59. The van der Waals surface area contributed by atoms with Gasteiger partial charge in [0.25, 0.3) is 0 Å². The molecule has 0 saturated carbocycles. The van der Waals surface area contributed by atoms with Gasteiger partial charge in [0.2, 0.25) is 10.0 Å². The fourth-order valence-electron chi connectivity index (χ4n) is 2.69. The molecule has 1 unspecified atom stereocenters. The van der Waals surface area contributed by atoms with Crippen molar-refractivity contribution in [2.24, 2.45) is 4.99 Å². The minimum absolute atomic E-state index is 0.0150. The molecule has 0 fully saturated rings. The molecule has 7 heteroatoms. The molecule has 0 aliphatic rings. The minimum Gasteiger partial charge on any atom is -0.355 e. The molecule has 28 heavy (non-hydrogen) atoms. The molecule has 0 aliphatic carbocycles. The lowest BCUT2D eigenvalue weighted by Gasteiger charge is -2.18. The van der Waals surface area contributed by atoms with Crippen LogP contribution >= 0.6 is 0 Å². The van der Waals surface area contributed by atoms with Gasteiger partial charge in [0.1, 0.15) is 0 Å². The normalized spacial score (nSPS) is 13.1. The summed E-state index contributed by atoms with van der Waals surface area (Å²) in [6, 6.07) is 20.0. The van der Waals surface area contributed by atoms with Crippen LogP contribution in [0.15, 0.2) is 65.7 Å². The first-order chi connectivity index (χ1) is 13.5. The first kappa shape index (κ1) is 21.9. The van der Waals surface area contributed by atoms with Crippen LogP contribution < -0.4 is 15.4 Å². The Labute approximate surface area is 168 Å². The van der Waals surface area contributed by atoms with Gasteiger partial charge in [0.05, 0.1) is 5.75 Å². The number of benzene rings is 2. The Morgan fingerprint density at radius 2 is 1.61 bits per heavy atom. The molecule has 0 amide bonds. The van der Waals surface area contributed by atoms with Gasteiger partial charge >= 0.3 is 0 Å². The highest BCUT2D eigenvalue weighted by Crippen LogP contribution is 2.04. The predicted octanol–water partition coefficient (Wildman–Crippen LogP) is 2.29. The molecular formula is C21H30N4O2S. The van der Waals surface area contributed by atoms with Gasteiger partial charge in [-0.2, -0.15) is 0 Å². The van der Waals surface area contributed by atoms with Crippen molar-refractivity contribution in [2.75, 3.05) is 19.3 Å². The van der Waals surface area contributed by atoms with Crippen molar-refractivity contribution in [1.82, 2.24) is 15.4 Å². The van der Waals surface area contributed by atoms with Gasteiger partial charge in [0, 0.05) is 26.2 Å². The average molecular weight is 403 g/mol. The van der Waals surface area contributed by atoms with Crippen LogP contribution in [0.1, 0.15) is 24.5 Å². The molecule has 0 aromatic heterocycles. The van der Waals surface area contributed by atoms with E-state index in [0.717, 1.165) is 18.4 Å². The van der Waals surface area contributed by atoms with E-state index in [-0.39, 0.29) is 18.3 Å². The Kier molecular flexibility index (Phi) is 8.97. The van der Waals surface area contributed by atoms with E-state index in [1.165, 1.54) is 5.56 Å². The minimum atomic E-state index is -3.35. The molecule has 6 nitrogen and oxygen atoms in total. The number of aliphatic imine (C=N–C) groups is 1. The van der Waals surface area contributed by atoms with Crippen molar-refractivity contribution < 1.29 is 8.42 Å². The summed E-state index contributed by atoms with van der Waals surface area (Å²) in [5.74, 6) is 0.595. The molecular weight excluding hydrogens is 372 g/mol. The molecule has 152 valence electrons. The van der Waals surface area contributed by atoms with Gasteiger partial charge in [0.15, 0.2) is 5.96 Å². The maximum absolute atomic E-state index is 12.1.